The van der Waals surface area contributed by atoms with Crippen LogP contribution >= 0.6 is 0 Å². The summed E-state index contributed by atoms with van der Waals surface area (Å²) in [4.78, 5) is 12.8. The number of aliphatic hydroxyl groups excluding tert-OH is 1. The number of nitrogens with two attached hydrogens (primary N) is 1. The largest absolute Gasteiger partial charge is 0.508 e. The molecule has 1 heterocycles. The van der Waals surface area contributed by atoms with Gasteiger partial charge in [-0.05, 0) is 60.0 Å². The molecule has 1 radical (unpaired) electrons. The molecule has 3 aromatic carbocycles. The summed E-state index contributed by atoms with van der Waals surface area (Å²) >= 11 is 0. The smallest absolute Gasteiger partial charge is 0.308 e. The Morgan fingerprint density at radius 1 is 1.00 bits per heavy atom. The van der Waals surface area contributed by atoms with Crippen LogP contribution < -0.4 is 24.7 Å². The predicted octanol–water partition coefficient (Wildman–Crippen LogP) is 3.83. The summed E-state index contributed by atoms with van der Waals surface area (Å²) in [5.41, 5.74) is 7.95. The van der Waals surface area contributed by atoms with E-state index in [2.05, 4.69) is 6.92 Å². The molecule has 1 aliphatic heterocycles. The molecule has 0 saturated heterocycles. The van der Waals surface area contributed by atoms with Gasteiger partial charge in [0.05, 0.1) is 19.6 Å². The standard InChI is InChI=1S/C26H24O8.C3H9N.Pr/c1-31-16-4-6-18(21(12-16)32-9-8-27)24-19-11-15(28)3-5-17(19)23(25(24)26(29)30)14-2-7-20-22(10-14)34-13-33-20;1-2-3-4;/h2-7,10-12,23-25,27-28H,8-9,13H2,1H3,(H,29,30);2-4H2,1H3;/t23-,24+,25?;;/m0../s1. The fraction of sp³-hybridized carbons (Fsp3) is 0.345. The third-order valence-corrected chi connectivity index (χ3v) is 6.69. The van der Waals surface area contributed by atoms with Crippen LogP contribution in [0.4, 0.5) is 0 Å². The van der Waals surface area contributed by atoms with Gasteiger partial charge in [0.1, 0.15) is 23.9 Å². The Hall–Kier alpha value is -2.59. The second kappa shape index (κ2) is 14.2. The maximum atomic E-state index is 12.8. The average molecular weight is 664 g/mol. The Morgan fingerprint density at radius 2 is 1.72 bits per heavy atom. The molecule has 0 saturated carbocycles. The van der Waals surface area contributed by atoms with Gasteiger partial charge < -0.3 is 40.0 Å². The van der Waals surface area contributed by atoms with E-state index in [0.29, 0.717) is 34.1 Å². The molecule has 0 amide bonds. The van der Waals surface area contributed by atoms with Crippen molar-refractivity contribution in [3.63, 3.8) is 0 Å². The van der Waals surface area contributed by atoms with Crippen LogP contribution in [0.15, 0.2) is 54.6 Å². The van der Waals surface area contributed by atoms with E-state index in [1.54, 1.807) is 42.5 Å². The molecule has 2 aliphatic rings. The van der Waals surface area contributed by atoms with Crippen LogP contribution in [0.3, 0.4) is 0 Å². The van der Waals surface area contributed by atoms with Crippen LogP contribution in [0.2, 0.25) is 0 Å². The van der Waals surface area contributed by atoms with Gasteiger partial charge in [-0.1, -0.05) is 25.1 Å². The van der Waals surface area contributed by atoms with Crippen molar-refractivity contribution in [3.8, 4) is 28.7 Å². The number of aliphatic hydroxyl groups is 1. The minimum absolute atomic E-state index is 0. The number of hydrogen-bond acceptors (Lipinski definition) is 8. The molecule has 39 heavy (non-hydrogen) atoms. The van der Waals surface area contributed by atoms with Gasteiger partial charge in [0, 0.05) is 64.8 Å². The molecule has 5 rings (SSSR count). The molecular weight excluding hydrogens is 631 g/mol. The third-order valence-electron chi connectivity index (χ3n) is 6.69. The topological polar surface area (TPSA) is 141 Å². The first-order valence-electron chi connectivity index (χ1n) is 12.5. The molecule has 9 nitrogen and oxygen atoms in total. The van der Waals surface area contributed by atoms with Crippen LogP contribution in [0.25, 0.3) is 0 Å². The number of methoxy groups -OCH3 is 1. The van der Waals surface area contributed by atoms with Gasteiger partial charge in [-0.3, -0.25) is 4.79 Å². The Labute approximate surface area is 260 Å². The number of aromatic hydroxyl groups is 1. The molecule has 3 aromatic rings. The van der Waals surface area contributed by atoms with Gasteiger partial charge in [0.2, 0.25) is 6.79 Å². The van der Waals surface area contributed by atoms with Gasteiger partial charge >= 0.3 is 5.97 Å². The van der Waals surface area contributed by atoms with Crippen molar-refractivity contribution in [3.05, 3.63) is 76.9 Å². The summed E-state index contributed by atoms with van der Waals surface area (Å²) in [6, 6.07) is 15.6. The molecule has 0 fully saturated rings. The number of ether oxygens (including phenoxy) is 4. The number of carbonyl (C=O) groups is 1. The fourth-order valence-corrected chi connectivity index (χ4v) is 5.01. The van der Waals surface area contributed by atoms with Crippen LogP contribution in [0.5, 0.6) is 28.7 Å². The van der Waals surface area contributed by atoms with E-state index in [-0.39, 0.29) is 67.0 Å². The first kappa shape index (κ1) is 30.9. The van der Waals surface area contributed by atoms with Gasteiger partial charge in [-0.25, -0.2) is 0 Å². The zero-order chi connectivity index (χ0) is 27.2. The van der Waals surface area contributed by atoms with Crippen molar-refractivity contribution in [2.24, 2.45) is 11.7 Å². The van der Waals surface area contributed by atoms with Gasteiger partial charge in [0.15, 0.2) is 11.5 Å². The SMILES string of the molecule is CCCN.COc1ccc([C@@H]2c3cc(O)ccc3[C@H](c3ccc4c(c3)OCO4)C2C(=O)O)c(OCCO)c1.[Pr]. The van der Waals surface area contributed by atoms with Gasteiger partial charge in [-0.15, -0.1) is 0 Å². The number of fused-ring (bicyclic) bond motifs is 2. The van der Waals surface area contributed by atoms with Crippen molar-refractivity contribution < 1.29 is 80.4 Å². The zero-order valence-corrected chi connectivity index (χ0v) is 25.7. The molecular formula is C29H33NO8Pr. The average Bonchev–Trinajstić information content (AvgIpc) is 3.53. The molecule has 1 unspecified atom stereocenters. The zero-order valence-electron chi connectivity index (χ0n) is 22.0. The summed E-state index contributed by atoms with van der Waals surface area (Å²) in [5.74, 6) is -0.780. The van der Waals surface area contributed by atoms with E-state index >= 15 is 0 Å². The Balaban J connectivity index is 0.000000788. The van der Waals surface area contributed by atoms with E-state index in [1.807, 2.05) is 12.1 Å². The first-order chi connectivity index (χ1) is 18.4. The van der Waals surface area contributed by atoms with Crippen molar-refractivity contribution in [2.45, 2.75) is 25.2 Å². The molecule has 0 spiro atoms. The minimum Gasteiger partial charge on any atom is -0.508 e. The Morgan fingerprint density at radius 3 is 2.38 bits per heavy atom. The van der Waals surface area contributed by atoms with Crippen molar-refractivity contribution >= 4 is 5.97 Å². The summed E-state index contributed by atoms with van der Waals surface area (Å²) in [7, 11) is 1.53. The van der Waals surface area contributed by atoms with Crippen LogP contribution in [-0.2, 0) is 4.79 Å². The molecule has 0 bridgehead atoms. The van der Waals surface area contributed by atoms with Gasteiger partial charge in [-0.2, -0.15) is 0 Å². The molecule has 5 N–H and O–H groups in total. The number of phenols is 1. The summed E-state index contributed by atoms with van der Waals surface area (Å²) < 4.78 is 22.1. The molecule has 0 aromatic heterocycles. The number of phenolic OH excluding ortho intramolecular Hbond substituents is 1. The van der Waals surface area contributed by atoms with E-state index in [4.69, 9.17) is 24.7 Å². The number of aliphatic carboxylic acids is 1. The van der Waals surface area contributed by atoms with Crippen LogP contribution in [0.1, 0.15) is 47.4 Å². The molecule has 10 heteroatoms. The number of carboxylic acids is 1. The Kier molecular flexibility index (Phi) is 11.2. The maximum absolute atomic E-state index is 12.8. The number of hydrogen-bond donors (Lipinski definition) is 4. The molecule has 205 valence electrons. The quantitative estimate of drug-likeness (QED) is 0.283. The second-order valence-electron chi connectivity index (χ2n) is 9.01. The number of carboxylic acid groups (broad SMARTS) is 1. The predicted molar refractivity (Wildman–Crippen MR) is 140 cm³/mol. The monoisotopic (exact) mass is 664 g/mol. The van der Waals surface area contributed by atoms with Crippen molar-refractivity contribution in [2.75, 3.05) is 33.7 Å². The van der Waals surface area contributed by atoms with E-state index < -0.39 is 23.7 Å². The number of benzene rings is 3. The summed E-state index contributed by atoms with van der Waals surface area (Å²) in [6.45, 7) is 2.85. The summed E-state index contributed by atoms with van der Waals surface area (Å²) in [6.07, 6.45) is 1.10. The maximum Gasteiger partial charge on any atom is 0.308 e. The van der Waals surface area contributed by atoms with Crippen molar-refractivity contribution in [1.82, 2.24) is 0 Å². The van der Waals surface area contributed by atoms with Crippen molar-refractivity contribution in [1.29, 1.82) is 0 Å². The summed E-state index contributed by atoms with van der Waals surface area (Å²) in [5, 5.41) is 30.1. The van der Waals surface area contributed by atoms with E-state index in [0.717, 1.165) is 24.1 Å². The second-order valence-corrected chi connectivity index (χ2v) is 9.01. The Bertz CT molecular complexity index is 1280. The van der Waals surface area contributed by atoms with Crippen LogP contribution in [-0.4, -0.2) is 55.0 Å². The molecule has 1 aliphatic carbocycles. The van der Waals surface area contributed by atoms with E-state index in [9.17, 15) is 20.1 Å². The number of rotatable bonds is 8. The van der Waals surface area contributed by atoms with E-state index in [1.165, 1.54) is 7.11 Å². The molecule has 3 atom stereocenters. The fourth-order valence-electron chi connectivity index (χ4n) is 5.01. The first-order valence-corrected chi connectivity index (χ1v) is 12.5. The van der Waals surface area contributed by atoms with Gasteiger partial charge in [0.25, 0.3) is 0 Å². The minimum atomic E-state index is -0.979. The van der Waals surface area contributed by atoms with Crippen LogP contribution in [0, 0.1) is 47.2 Å². The third kappa shape index (κ3) is 6.60. The normalized spacial score (nSPS) is 18.3.